The van der Waals surface area contributed by atoms with E-state index in [0.29, 0.717) is 11.5 Å². The molecular formula is C12H9NO4. The standard InChI is InChI=1S/C12H9NO4/c1-8-10(12(15)16-7-14)11(13-17-8)9-5-3-2-4-6-9/h2-7H,1H3. The van der Waals surface area contributed by atoms with Crippen LogP contribution in [0, 0.1) is 6.92 Å². The highest BCUT2D eigenvalue weighted by Crippen LogP contribution is 2.25. The molecule has 0 fully saturated rings. The van der Waals surface area contributed by atoms with Gasteiger partial charge >= 0.3 is 12.4 Å². The predicted octanol–water partition coefficient (Wildman–Crippen LogP) is 1.96. The van der Waals surface area contributed by atoms with E-state index in [-0.39, 0.29) is 12.0 Å². The maximum absolute atomic E-state index is 11.6. The molecule has 5 heteroatoms. The van der Waals surface area contributed by atoms with E-state index in [0.717, 1.165) is 5.56 Å². The Hall–Kier alpha value is -2.43. The van der Waals surface area contributed by atoms with Crippen molar-refractivity contribution in [1.29, 1.82) is 0 Å². The zero-order valence-electron chi connectivity index (χ0n) is 9.04. The number of carbonyl (C=O) groups excluding carboxylic acids is 2. The number of esters is 1. The molecule has 0 radical (unpaired) electrons. The summed E-state index contributed by atoms with van der Waals surface area (Å²) in [5.74, 6) is -0.451. The smallest absolute Gasteiger partial charge is 0.351 e. The van der Waals surface area contributed by atoms with Gasteiger partial charge in [0, 0.05) is 5.56 Å². The van der Waals surface area contributed by atoms with Gasteiger partial charge in [0.1, 0.15) is 17.0 Å². The van der Waals surface area contributed by atoms with Crippen molar-refractivity contribution in [3.8, 4) is 11.3 Å². The maximum Gasteiger partial charge on any atom is 0.351 e. The van der Waals surface area contributed by atoms with Crippen LogP contribution in [-0.4, -0.2) is 17.6 Å². The lowest BCUT2D eigenvalue weighted by molar-refractivity contribution is -0.123. The van der Waals surface area contributed by atoms with Crippen LogP contribution in [0.2, 0.25) is 0 Å². The lowest BCUT2D eigenvalue weighted by Crippen LogP contribution is -2.05. The minimum absolute atomic E-state index is 0.0869. The molecule has 0 spiro atoms. The highest BCUT2D eigenvalue weighted by atomic mass is 16.6. The normalized spacial score (nSPS) is 9.94. The van der Waals surface area contributed by atoms with E-state index in [1.807, 2.05) is 18.2 Å². The van der Waals surface area contributed by atoms with Gasteiger partial charge in [0.25, 0.3) is 0 Å². The van der Waals surface area contributed by atoms with Crippen LogP contribution >= 0.6 is 0 Å². The summed E-state index contributed by atoms with van der Waals surface area (Å²) >= 11 is 0. The third kappa shape index (κ3) is 2.08. The van der Waals surface area contributed by atoms with Gasteiger partial charge in [0.2, 0.25) is 0 Å². The Balaban J connectivity index is 2.49. The van der Waals surface area contributed by atoms with Crippen LogP contribution in [0.3, 0.4) is 0 Å². The van der Waals surface area contributed by atoms with Gasteiger partial charge < -0.3 is 9.26 Å². The van der Waals surface area contributed by atoms with E-state index >= 15 is 0 Å². The van der Waals surface area contributed by atoms with Crippen LogP contribution < -0.4 is 0 Å². The van der Waals surface area contributed by atoms with Crippen molar-refractivity contribution in [2.24, 2.45) is 0 Å². The molecule has 0 aliphatic carbocycles. The van der Waals surface area contributed by atoms with E-state index in [1.165, 1.54) is 0 Å². The molecule has 1 heterocycles. The second kappa shape index (κ2) is 4.61. The number of hydrogen-bond acceptors (Lipinski definition) is 5. The average molecular weight is 231 g/mol. The van der Waals surface area contributed by atoms with E-state index in [2.05, 4.69) is 9.89 Å². The number of benzene rings is 1. The van der Waals surface area contributed by atoms with Gasteiger partial charge in [-0.15, -0.1) is 0 Å². The Labute approximate surface area is 97.0 Å². The van der Waals surface area contributed by atoms with Gasteiger partial charge in [0.15, 0.2) is 0 Å². The molecule has 17 heavy (non-hydrogen) atoms. The molecule has 0 amide bonds. The first-order valence-corrected chi connectivity index (χ1v) is 4.90. The Bertz CT molecular complexity index is 545. The van der Waals surface area contributed by atoms with Crippen molar-refractivity contribution in [2.75, 3.05) is 0 Å². The van der Waals surface area contributed by atoms with Crippen molar-refractivity contribution < 1.29 is 18.8 Å². The van der Waals surface area contributed by atoms with Gasteiger partial charge in [-0.1, -0.05) is 35.5 Å². The number of carbonyl (C=O) groups is 2. The highest BCUT2D eigenvalue weighted by molar-refractivity contribution is 5.99. The van der Waals surface area contributed by atoms with Crippen LogP contribution in [0.1, 0.15) is 16.1 Å². The van der Waals surface area contributed by atoms with Gasteiger partial charge in [-0.05, 0) is 6.92 Å². The largest absolute Gasteiger partial charge is 0.392 e. The zero-order valence-corrected chi connectivity index (χ0v) is 9.04. The molecule has 0 N–H and O–H groups in total. The summed E-state index contributed by atoms with van der Waals surface area (Å²) in [4.78, 5) is 21.7. The van der Waals surface area contributed by atoms with Crippen LogP contribution in [-0.2, 0) is 9.53 Å². The molecular weight excluding hydrogens is 222 g/mol. The van der Waals surface area contributed by atoms with E-state index in [9.17, 15) is 9.59 Å². The molecule has 1 aromatic carbocycles. The van der Waals surface area contributed by atoms with E-state index in [1.54, 1.807) is 19.1 Å². The van der Waals surface area contributed by atoms with Crippen molar-refractivity contribution in [2.45, 2.75) is 6.92 Å². The Kier molecular flexibility index (Phi) is 3.00. The molecule has 2 aromatic rings. The molecule has 0 aliphatic heterocycles. The summed E-state index contributed by atoms with van der Waals surface area (Å²) < 4.78 is 9.26. The summed E-state index contributed by atoms with van der Waals surface area (Å²) in [6.45, 7) is 1.67. The molecule has 0 atom stereocenters. The summed E-state index contributed by atoms with van der Waals surface area (Å²) in [5, 5.41) is 3.80. The first kappa shape index (κ1) is 11.1. The number of ether oxygens (including phenoxy) is 1. The first-order chi connectivity index (χ1) is 8.24. The minimum atomic E-state index is -0.766. The summed E-state index contributed by atoms with van der Waals surface area (Å²) in [5.41, 5.74) is 1.26. The predicted molar refractivity (Wildman–Crippen MR) is 58.2 cm³/mol. The van der Waals surface area contributed by atoms with Crippen molar-refractivity contribution >= 4 is 12.4 Å². The van der Waals surface area contributed by atoms with E-state index in [4.69, 9.17) is 4.52 Å². The van der Waals surface area contributed by atoms with Gasteiger partial charge in [-0.25, -0.2) is 4.79 Å². The van der Waals surface area contributed by atoms with Crippen LogP contribution in [0.25, 0.3) is 11.3 Å². The van der Waals surface area contributed by atoms with Crippen molar-refractivity contribution in [1.82, 2.24) is 5.16 Å². The molecule has 0 bridgehead atoms. The average Bonchev–Trinajstić information content (AvgIpc) is 2.73. The van der Waals surface area contributed by atoms with Gasteiger partial charge in [-0.2, -0.15) is 0 Å². The van der Waals surface area contributed by atoms with Crippen molar-refractivity contribution in [3.63, 3.8) is 0 Å². The van der Waals surface area contributed by atoms with Gasteiger partial charge in [-0.3, -0.25) is 4.79 Å². The Morgan fingerprint density at radius 3 is 2.71 bits per heavy atom. The van der Waals surface area contributed by atoms with E-state index < -0.39 is 5.97 Å². The molecule has 2 rings (SSSR count). The number of hydrogen-bond donors (Lipinski definition) is 0. The second-order valence-corrected chi connectivity index (χ2v) is 3.33. The lowest BCUT2D eigenvalue weighted by Gasteiger charge is -1.99. The SMILES string of the molecule is Cc1onc(-c2ccccc2)c1C(=O)OC=O. The lowest BCUT2D eigenvalue weighted by atomic mass is 10.1. The molecule has 86 valence electrons. The monoisotopic (exact) mass is 231 g/mol. The third-order valence-corrected chi connectivity index (χ3v) is 2.27. The number of aromatic nitrogens is 1. The number of aryl methyl sites for hydroxylation is 1. The van der Waals surface area contributed by atoms with Crippen LogP contribution in [0.5, 0.6) is 0 Å². The Morgan fingerprint density at radius 1 is 1.35 bits per heavy atom. The number of nitrogens with zero attached hydrogens (tertiary/aromatic N) is 1. The minimum Gasteiger partial charge on any atom is -0.392 e. The molecule has 0 saturated carbocycles. The number of rotatable bonds is 3. The van der Waals surface area contributed by atoms with Crippen LogP contribution in [0.4, 0.5) is 0 Å². The molecule has 1 aromatic heterocycles. The fraction of sp³-hybridized carbons (Fsp3) is 0.0833. The topological polar surface area (TPSA) is 69.4 Å². The Morgan fingerprint density at radius 2 is 2.06 bits per heavy atom. The molecule has 0 aliphatic rings. The van der Waals surface area contributed by atoms with Gasteiger partial charge in [0.05, 0.1) is 0 Å². The first-order valence-electron chi connectivity index (χ1n) is 4.90. The van der Waals surface area contributed by atoms with Crippen LogP contribution in [0.15, 0.2) is 34.9 Å². The maximum atomic E-state index is 11.6. The fourth-order valence-corrected chi connectivity index (χ4v) is 1.51. The summed E-state index contributed by atoms with van der Waals surface area (Å²) in [7, 11) is 0. The third-order valence-electron chi connectivity index (χ3n) is 2.27. The fourth-order valence-electron chi connectivity index (χ4n) is 1.51. The quantitative estimate of drug-likeness (QED) is 0.459. The molecule has 5 nitrogen and oxygen atoms in total. The summed E-state index contributed by atoms with van der Waals surface area (Å²) in [6.07, 6.45) is 0. The molecule has 0 saturated heterocycles. The zero-order chi connectivity index (χ0) is 12.3. The van der Waals surface area contributed by atoms with Crippen molar-refractivity contribution in [3.05, 3.63) is 41.7 Å². The second-order valence-electron chi connectivity index (χ2n) is 3.33. The summed E-state index contributed by atoms with van der Waals surface area (Å²) in [6, 6.07) is 9.05. The molecule has 0 unspecified atom stereocenters. The highest BCUT2D eigenvalue weighted by Gasteiger charge is 2.22.